The topological polar surface area (TPSA) is 6.48 Å². The van der Waals surface area contributed by atoms with E-state index >= 15 is 0 Å². The summed E-state index contributed by atoms with van der Waals surface area (Å²) < 4.78 is 0. The van der Waals surface area contributed by atoms with Crippen LogP contribution in [-0.4, -0.2) is 18.1 Å². The molecule has 2 nitrogen and oxygen atoms in total. The van der Waals surface area contributed by atoms with Crippen LogP contribution in [0.1, 0.15) is 32.3 Å². The van der Waals surface area contributed by atoms with Crippen LogP contribution in [0.4, 0.5) is 5.69 Å². The third-order valence-electron chi connectivity index (χ3n) is 3.27. The molecule has 18 heavy (non-hydrogen) atoms. The van der Waals surface area contributed by atoms with Crippen molar-refractivity contribution in [1.82, 2.24) is 4.90 Å². The summed E-state index contributed by atoms with van der Waals surface area (Å²) in [5, 5.41) is 0. The summed E-state index contributed by atoms with van der Waals surface area (Å²) in [6.45, 7) is 6.62. The Bertz CT molecular complexity index is 390. The normalized spacial score (nSPS) is 13.9. The molecule has 0 spiro atoms. The lowest BCUT2D eigenvalue weighted by molar-refractivity contribution is 0.396. The zero-order valence-electron chi connectivity index (χ0n) is 11.3. The van der Waals surface area contributed by atoms with E-state index < -0.39 is 0 Å². The van der Waals surface area contributed by atoms with Gasteiger partial charge in [-0.2, -0.15) is 0 Å². The van der Waals surface area contributed by atoms with Crippen molar-refractivity contribution in [3.05, 3.63) is 42.2 Å². The number of halogens is 1. The van der Waals surface area contributed by atoms with Gasteiger partial charge in [0.15, 0.2) is 0 Å². The van der Waals surface area contributed by atoms with Crippen LogP contribution in [0, 0.1) is 0 Å². The van der Waals surface area contributed by atoms with Crippen LogP contribution >= 0.6 is 17.0 Å². The molecule has 0 atom stereocenters. The zero-order chi connectivity index (χ0) is 12.1. The van der Waals surface area contributed by atoms with Gasteiger partial charge in [0.1, 0.15) is 0 Å². The predicted molar refractivity (Wildman–Crippen MR) is 84.2 cm³/mol. The Morgan fingerprint density at radius 3 is 2.61 bits per heavy atom. The first kappa shape index (κ1) is 15.1. The fraction of sp³-hybridized carbons (Fsp3) is 0.467. The second-order valence-corrected chi connectivity index (χ2v) is 4.56. The molecule has 0 radical (unpaired) electrons. The molecule has 0 aromatic heterocycles. The highest BCUT2D eigenvalue weighted by molar-refractivity contribution is 8.93. The quantitative estimate of drug-likeness (QED) is 0.805. The molecule has 0 saturated carbocycles. The molecule has 0 saturated heterocycles. The first-order valence-corrected chi connectivity index (χ1v) is 6.62. The van der Waals surface area contributed by atoms with Crippen LogP contribution in [0.3, 0.4) is 0 Å². The van der Waals surface area contributed by atoms with Crippen LogP contribution in [0.5, 0.6) is 0 Å². The molecular weight excluding hydrogens is 288 g/mol. The Kier molecular flexibility index (Phi) is 6.27. The smallest absolute Gasteiger partial charge is 0.0941 e. The van der Waals surface area contributed by atoms with Crippen molar-refractivity contribution in [2.75, 3.05) is 18.1 Å². The molecule has 0 amide bonds. The fourth-order valence-corrected chi connectivity index (χ4v) is 2.22. The van der Waals surface area contributed by atoms with E-state index in [1.165, 1.54) is 24.1 Å². The molecule has 1 heterocycles. The summed E-state index contributed by atoms with van der Waals surface area (Å²) in [7, 11) is 0. The van der Waals surface area contributed by atoms with Gasteiger partial charge in [0.05, 0.1) is 6.67 Å². The van der Waals surface area contributed by atoms with Gasteiger partial charge >= 0.3 is 0 Å². The van der Waals surface area contributed by atoms with Crippen molar-refractivity contribution < 1.29 is 0 Å². The maximum absolute atomic E-state index is 2.38. The molecule has 3 heteroatoms. The highest BCUT2D eigenvalue weighted by atomic mass is 79.9. The van der Waals surface area contributed by atoms with Crippen LogP contribution in [-0.2, 0) is 6.42 Å². The minimum atomic E-state index is 0. The van der Waals surface area contributed by atoms with Gasteiger partial charge in [-0.05, 0) is 24.5 Å². The lowest BCUT2D eigenvalue weighted by atomic mass is 10.1. The molecule has 2 rings (SSSR count). The van der Waals surface area contributed by atoms with Crippen LogP contribution in [0.2, 0.25) is 0 Å². The highest BCUT2D eigenvalue weighted by Gasteiger charge is 2.14. The van der Waals surface area contributed by atoms with Crippen molar-refractivity contribution in [2.24, 2.45) is 0 Å². The average Bonchev–Trinajstić information content (AvgIpc) is 2.85. The molecule has 0 N–H and O–H groups in total. The summed E-state index contributed by atoms with van der Waals surface area (Å²) in [5.41, 5.74) is 2.78. The van der Waals surface area contributed by atoms with Crippen molar-refractivity contribution in [1.29, 1.82) is 0 Å². The van der Waals surface area contributed by atoms with Gasteiger partial charge < -0.3 is 9.80 Å². The molecule has 0 unspecified atom stereocenters. The standard InChI is InChI=1S/C15H22N2.BrH/c1-3-5-10-16-11-12-17(13-16)15-9-7-6-8-14(15)4-2;/h6-9,11-12H,3-5,10,13H2,1-2H3;1H. The number of aryl methyl sites for hydroxylation is 1. The lowest BCUT2D eigenvalue weighted by Crippen LogP contribution is -2.26. The predicted octanol–water partition coefficient (Wildman–Crippen LogP) is 4.18. The largest absolute Gasteiger partial charge is 0.358 e. The van der Waals surface area contributed by atoms with E-state index in [1.54, 1.807) is 0 Å². The maximum Gasteiger partial charge on any atom is 0.0941 e. The Balaban J connectivity index is 0.00000162. The second-order valence-electron chi connectivity index (χ2n) is 4.56. The number of rotatable bonds is 5. The average molecular weight is 311 g/mol. The van der Waals surface area contributed by atoms with Crippen LogP contribution < -0.4 is 4.90 Å². The van der Waals surface area contributed by atoms with E-state index in [0.717, 1.165) is 19.6 Å². The summed E-state index contributed by atoms with van der Waals surface area (Å²) >= 11 is 0. The van der Waals surface area contributed by atoms with Crippen molar-refractivity contribution in [2.45, 2.75) is 33.1 Å². The number of benzene rings is 1. The number of hydrogen-bond donors (Lipinski definition) is 0. The number of hydrogen-bond acceptors (Lipinski definition) is 2. The number of nitrogens with zero attached hydrogens (tertiary/aromatic N) is 2. The molecule has 0 fully saturated rings. The van der Waals surface area contributed by atoms with Gasteiger partial charge in [0, 0.05) is 24.6 Å². The number of anilines is 1. The van der Waals surface area contributed by atoms with Crippen molar-refractivity contribution in [3.63, 3.8) is 0 Å². The van der Waals surface area contributed by atoms with E-state index in [-0.39, 0.29) is 17.0 Å². The van der Waals surface area contributed by atoms with Crippen molar-refractivity contribution >= 4 is 22.7 Å². The third-order valence-corrected chi connectivity index (χ3v) is 3.27. The fourth-order valence-electron chi connectivity index (χ4n) is 2.22. The van der Waals surface area contributed by atoms with Crippen LogP contribution in [0.15, 0.2) is 36.7 Å². The maximum atomic E-state index is 2.38. The van der Waals surface area contributed by atoms with E-state index in [2.05, 4.69) is 60.3 Å². The van der Waals surface area contributed by atoms with E-state index in [9.17, 15) is 0 Å². The first-order chi connectivity index (χ1) is 8.35. The molecule has 1 aliphatic rings. The second kappa shape index (κ2) is 7.47. The van der Waals surface area contributed by atoms with Crippen molar-refractivity contribution in [3.8, 4) is 0 Å². The summed E-state index contributed by atoms with van der Waals surface area (Å²) in [5.74, 6) is 0. The SMILES string of the molecule is Br.CCCCN1C=CN(c2ccccc2CC)C1. The summed E-state index contributed by atoms with van der Waals surface area (Å²) in [6, 6.07) is 8.68. The van der Waals surface area contributed by atoms with E-state index in [0.29, 0.717) is 0 Å². The zero-order valence-corrected chi connectivity index (χ0v) is 13.0. The molecule has 0 bridgehead atoms. The third kappa shape index (κ3) is 3.52. The Hall–Kier alpha value is -0.960. The van der Waals surface area contributed by atoms with Gasteiger partial charge in [0.25, 0.3) is 0 Å². The van der Waals surface area contributed by atoms with E-state index in [1.807, 2.05) is 0 Å². The molecule has 100 valence electrons. The lowest BCUT2D eigenvalue weighted by Gasteiger charge is -2.23. The van der Waals surface area contributed by atoms with Gasteiger partial charge in [-0.25, -0.2) is 0 Å². The molecule has 1 aromatic carbocycles. The van der Waals surface area contributed by atoms with Crippen LogP contribution in [0.25, 0.3) is 0 Å². The molecular formula is C15H23BrN2. The minimum Gasteiger partial charge on any atom is -0.358 e. The van der Waals surface area contributed by atoms with Gasteiger partial charge in [-0.1, -0.05) is 38.5 Å². The molecule has 0 aliphatic carbocycles. The van der Waals surface area contributed by atoms with Gasteiger partial charge in [0.2, 0.25) is 0 Å². The molecule has 1 aromatic rings. The summed E-state index contributed by atoms with van der Waals surface area (Å²) in [4.78, 5) is 4.73. The monoisotopic (exact) mass is 310 g/mol. The number of para-hydroxylation sites is 1. The first-order valence-electron chi connectivity index (χ1n) is 6.62. The Morgan fingerprint density at radius 1 is 1.11 bits per heavy atom. The minimum absolute atomic E-state index is 0. The Morgan fingerprint density at radius 2 is 1.89 bits per heavy atom. The van der Waals surface area contributed by atoms with Gasteiger partial charge in [-0.15, -0.1) is 17.0 Å². The number of unbranched alkanes of at least 4 members (excludes halogenated alkanes) is 1. The van der Waals surface area contributed by atoms with E-state index in [4.69, 9.17) is 0 Å². The highest BCUT2D eigenvalue weighted by Crippen LogP contribution is 2.24. The Labute approximate surface area is 121 Å². The molecule has 1 aliphatic heterocycles. The van der Waals surface area contributed by atoms with Gasteiger partial charge in [-0.3, -0.25) is 0 Å². The summed E-state index contributed by atoms with van der Waals surface area (Å²) in [6.07, 6.45) is 8.03.